The van der Waals surface area contributed by atoms with Crippen LogP contribution in [0.1, 0.15) is 26.1 Å². The second-order valence-electron chi connectivity index (χ2n) is 8.01. The van der Waals surface area contributed by atoms with Crippen LogP contribution in [-0.2, 0) is 24.3 Å². The van der Waals surface area contributed by atoms with E-state index in [9.17, 15) is 9.59 Å². The summed E-state index contributed by atoms with van der Waals surface area (Å²) >= 11 is 0. The SMILES string of the molecule is CC(C)Cn1c(CCNC(=O)CCn2nnc3ccccc3c2=O)nc2ccccc21. The van der Waals surface area contributed by atoms with Crippen LogP contribution in [0, 0.1) is 5.92 Å². The van der Waals surface area contributed by atoms with Crippen LogP contribution < -0.4 is 10.9 Å². The molecule has 0 aliphatic rings. The summed E-state index contributed by atoms with van der Waals surface area (Å²) in [5.41, 5.74) is 2.41. The fraction of sp³-hybridized carbons (Fsp3) is 0.348. The third kappa shape index (κ3) is 4.63. The van der Waals surface area contributed by atoms with Gasteiger partial charge in [0.05, 0.1) is 23.0 Å². The highest BCUT2D eigenvalue weighted by Crippen LogP contribution is 2.18. The van der Waals surface area contributed by atoms with Crippen LogP contribution in [0.15, 0.2) is 53.3 Å². The third-order valence-electron chi connectivity index (χ3n) is 5.13. The van der Waals surface area contributed by atoms with Crippen molar-refractivity contribution in [2.45, 2.75) is 39.8 Å². The van der Waals surface area contributed by atoms with E-state index in [1.807, 2.05) is 24.3 Å². The van der Waals surface area contributed by atoms with Crippen molar-refractivity contribution in [3.63, 3.8) is 0 Å². The second-order valence-corrected chi connectivity index (χ2v) is 8.01. The third-order valence-corrected chi connectivity index (χ3v) is 5.13. The normalized spacial score (nSPS) is 11.5. The maximum Gasteiger partial charge on any atom is 0.277 e. The van der Waals surface area contributed by atoms with E-state index in [-0.39, 0.29) is 24.4 Å². The zero-order valence-electron chi connectivity index (χ0n) is 17.8. The Balaban J connectivity index is 1.36. The second kappa shape index (κ2) is 9.07. The first-order valence-corrected chi connectivity index (χ1v) is 10.6. The van der Waals surface area contributed by atoms with E-state index < -0.39 is 0 Å². The molecule has 2 aromatic carbocycles. The van der Waals surface area contributed by atoms with Gasteiger partial charge in [-0.15, -0.1) is 5.10 Å². The average Bonchev–Trinajstić information content (AvgIpc) is 3.10. The summed E-state index contributed by atoms with van der Waals surface area (Å²) in [7, 11) is 0. The zero-order valence-corrected chi connectivity index (χ0v) is 17.8. The lowest BCUT2D eigenvalue weighted by molar-refractivity contribution is -0.121. The Labute approximate surface area is 179 Å². The lowest BCUT2D eigenvalue weighted by Crippen LogP contribution is -2.30. The van der Waals surface area contributed by atoms with Crippen LogP contribution in [0.2, 0.25) is 0 Å². The van der Waals surface area contributed by atoms with E-state index in [2.05, 4.69) is 40.1 Å². The van der Waals surface area contributed by atoms with Crippen molar-refractivity contribution >= 4 is 27.8 Å². The number of carbonyl (C=O) groups excluding carboxylic acids is 1. The molecule has 31 heavy (non-hydrogen) atoms. The number of hydrogen-bond acceptors (Lipinski definition) is 5. The van der Waals surface area contributed by atoms with Gasteiger partial charge in [-0.2, -0.15) is 0 Å². The van der Waals surface area contributed by atoms with Crippen molar-refractivity contribution in [3.8, 4) is 0 Å². The highest BCUT2D eigenvalue weighted by molar-refractivity contribution is 5.77. The molecule has 0 bridgehead atoms. The van der Waals surface area contributed by atoms with Gasteiger partial charge in [-0.1, -0.05) is 43.3 Å². The molecular formula is C23H26N6O2. The number of para-hydroxylation sites is 2. The van der Waals surface area contributed by atoms with E-state index in [4.69, 9.17) is 4.98 Å². The average molecular weight is 419 g/mol. The summed E-state index contributed by atoms with van der Waals surface area (Å²) in [5, 5.41) is 11.4. The van der Waals surface area contributed by atoms with Crippen molar-refractivity contribution < 1.29 is 4.79 Å². The van der Waals surface area contributed by atoms with Gasteiger partial charge in [0.15, 0.2) is 0 Å². The number of hydrogen-bond donors (Lipinski definition) is 1. The standard InChI is InChI=1S/C23H26N6O2/c1-16(2)15-28-20-10-6-5-9-19(20)25-21(28)11-13-24-22(30)12-14-29-23(31)17-7-3-4-8-18(17)26-27-29/h3-10,16H,11-15H2,1-2H3,(H,24,30). The Morgan fingerprint density at radius 2 is 1.81 bits per heavy atom. The van der Waals surface area contributed by atoms with Crippen molar-refractivity contribution in [1.82, 2.24) is 29.9 Å². The van der Waals surface area contributed by atoms with Crippen LogP contribution in [0.4, 0.5) is 0 Å². The highest BCUT2D eigenvalue weighted by atomic mass is 16.2. The lowest BCUT2D eigenvalue weighted by Gasteiger charge is -2.12. The van der Waals surface area contributed by atoms with Crippen LogP contribution in [0.3, 0.4) is 0 Å². The minimum absolute atomic E-state index is 0.131. The molecule has 0 saturated heterocycles. The van der Waals surface area contributed by atoms with Crippen molar-refractivity contribution in [1.29, 1.82) is 0 Å². The first kappa shape index (κ1) is 20.7. The molecule has 2 heterocycles. The molecule has 0 aliphatic carbocycles. The van der Waals surface area contributed by atoms with Crippen molar-refractivity contribution in [2.24, 2.45) is 5.92 Å². The number of nitrogens with one attached hydrogen (secondary N) is 1. The molecule has 4 aromatic rings. The molecule has 8 nitrogen and oxygen atoms in total. The number of rotatable bonds is 8. The van der Waals surface area contributed by atoms with Crippen LogP contribution >= 0.6 is 0 Å². The smallest absolute Gasteiger partial charge is 0.277 e. The summed E-state index contributed by atoms with van der Waals surface area (Å²) in [6.07, 6.45) is 0.804. The van der Waals surface area contributed by atoms with Gasteiger partial charge in [-0.25, -0.2) is 9.67 Å². The van der Waals surface area contributed by atoms with Gasteiger partial charge >= 0.3 is 0 Å². The molecule has 0 fully saturated rings. The number of nitrogens with zero attached hydrogens (tertiary/aromatic N) is 5. The Hall–Kier alpha value is -3.55. The molecule has 0 spiro atoms. The van der Waals surface area contributed by atoms with Gasteiger partial charge in [-0.3, -0.25) is 9.59 Å². The van der Waals surface area contributed by atoms with Crippen molar-refractivity contribution in [2.75, 3.05) is 6.54 Å². The Bertz CT molecular complexity index is 1270. The molecule has 0 aliphatic heterocycles. The summed E-state index contributed by atoms with van der Waals surface area (Å²) in [6, 6.07) is 15.1. The first-order valence-electron chi connectivity index (χ1n) is 10.6. The number of carbonyl (C=O) groups is 1. The molecule has 1 amide bonds. The molecule has 0 unspecified atom stereocenters. The first-order chi connectivity index (χ1) is 15.0. The van der Waals surface area contributed by atoms with Crippen LogP contribution in [-0.4, -0.2) is 37.0 Å². The number of aryl methyl sites for hydroxylation is 1. The zero-order chi connectivity index (χ0) is 21.8. The Kier molecular flexibility index (Phi) is 6.06. The molecule has 4 rings (SSSR count). The fourth-order valence-electron chi connectivity index (χ4n) is 3.66. The number of aromatic nitrogens is 5. The van der Waals surface area contributed by atoms with Gasteiger partial charge in [0.25, 0.3) is 5.56 Å². The molecule has 8 heteroatoms. The van der Waals surface area contributed by atoms with E-state index in [0.717, 1.165) is 23.4 Å². The molecule has 1 N–H and O–H groups in total. The molecule has 2 aromatic heterocycles. The molecule has 0 atom stereocenters. The van der Waals surface area contributed by atoms with Gasteiger partial charge < -0.3 is 9.88 Å². The van der Waals surface area contributed by atoms with Gasteiger partial charge in [0.2, 0.25) is 5.91 Å². The summed E-state index contributed by atoms with van der Waals surface area (Å²) in [5.74, 6) is 1.33. The Morgan fingerprint density at radius 3 is 2.61 bits per heavy atom. The van der Waals surface area contributed by atoms with Gasteiger partial charge in [0, 0.05) is 25.9 Å². The predicted octanol–water partition coefficient (Wildman–Crippen LogP) is 2.55. The monoisotopic (exact) mass is 418 g/mol. The minimum atomic E-state index is -0.235. The quantitative estimate of drug-likeness (QED) is 0.475. The van der Waals surface area contributed by atoms with E-state index in [1.165, 1.54) is 4.68 Å². The number of amides is 1. The fourth-order valence-corrected chi connectivity index (χ4v) is 3.66. The number of imidazole rings is 1. The van der Waals surface area contributed by atoms with Gasteiger partial charge in [0.1, 0.15) is 11.3 Å². The van der Waals surface area contributed by atoms with Crippen molar-refractivity contribution in [3.05, 3.63) is 64.7 Å². The number of fused-ring (bicyclic) bond motifs is 2. The maximum atomic E-state index is 12.5. The molecule has 0 radical (unpaired) electrons. The van der Waals surface area contributed by atoms with Gasteiger partial charge in [-0.05, 0) is 30.2 Å². The predicted molar refractivity (Wildman–Crippen MR) is 120 cm³/mol. The van der Waals surface area contributed by atoms with E-state index in [1.54, 1.807) is 18.2 Å². The lowest BCUT2D eigenvalue weighted by atomic mass is 10.2. The van der Waals surface area contributed by atoms with Crippen LogP contribution in [0.25, 0.3) is 21.9 Å². The topological polar surface area (TPSA) is 94.7 Å². The molecule has 0 saturated carbocycles. The largest absolute Gasteiger partial charge is 0.356 e. The minimum Gasteiger partial charge on any atom is -0.356 e. The Morgan fingerprint density at radius 1 is 1.06 bits per heavy atom. The summed E-state index contributed by atoms with van der Waals surface area (Å²) < 4.78 is 3.47. The highest BCUT2D eigenvalue weighted by Gasteiger charge is 2.12. The maximum absolute atomic E-state index is 12.5. The molecular weight excluding hydrogens is 392 g/mol. The van der Waals surface area contributed by atoms with Crippen LogP contribution in [0.5, 0.6) is 0 Å². The molecule has 160 valence electrons. The van der Waals surface area contributed by atoms with E-state index in [0.29, 0.717) is 29.8 Å². The summed E-state index contributed by atoms with van der Waals surface area (Å²) in [6.45, 7) is 5.91. The van der Waals surface area contributed by atoms with E-state index >= 15 is 0 Å². The summed E-state index contributed by atoms with van der Waals surface area (Å²) in [4.78, 5) is 29.5. The number of benzene rings is 2.